The first-order valence-electron chi connectivity index (χ1n) is 6.81. The van der Waals surface area contributed by atoms with Gasteiger partial charge >= 0.3 is 0 Å². The van der Waals surface area contributed by atoms with E-state index in [4.69, 9.17) is 0 Å². The van der Waals surface area contributed by atoms with Gasteiger partial charge in [-0.2, -0.15) is 0 Å². The highest BCUT2D eigenvalue weighted by molar-refractivity contribution is 9.10. The number of amides is 1. The number of thiazole rings is 1. The van der Waals surface area contributed by atoms with Gasteiger partial charge < -0.3 is 10.6 Å². The Bertz CT molecular complexity index is 589. The van der Waals surface area contributed by atoms with Crippen molar-refractivity contribution in [3.05, 3.63) is 45.4 Å². The lowest BCUT2D eigenvalue weighted by Gasteiger charge is -2.01. The van der Waals surface area contributed by atoms with Gasteiger partial charge in [-0.1, -0.05) is 28.1 Å². The van der Waals surface area contributed by atoms with Gasteiger partial charge in [0.1, 0.15) is 0 Å². The Morgan fingerprint density at radius 1 is 1.32 bits per heavy atom. The monoisotopic (exact) mass is 403 g/mol. The molecular weight excluding hydrogens is 386 g/mol. The van der Waals surface area contributed by atoms with Crippen molar-refractivity contribution in [1.82, 2.24) is 10.3 Å². The van der Waals surface area contributed by atoms with Crippen molar-refractivity contribution in [1.29, 1.82) is 0 Å². The van der Waals surface area contributed by atoms with Crippen LogP contribution in [0.2, 0.25) is 0 Å². The molecule has 1 amide bonds. The zero-order valence-electron chi connectivity index (χ0n) is 12.3. The van der Waals surface area contributed by atoms with E-state index in [0.717, 1.165) is 28.7 Å². The number of aromatic nitrogens is 1. The number of hydrogen-bond acceptors (Lipinski definition) is 4. The van der Waals surface area contributed by atoms with Gasteiger partial charge in [0.2, 0.25) is 5.91 Å². The van der Waals surface area contributed by atoms with E-state index in [9.17, 15) is 4.79 Å². The second-order valence-corrected chi connectivity index (χ2v) is 6.72. The lowest BCUT2D eigenvalue weighted by atomic mass is 10.1. The van der Waals surface area contributed by atoms with Crippen molar-refractivity contribution in [3.63, 3.8) is 0 Å². The number of nitrogens with zero attached hydrogens (tertiary/aromatic N) is 1. The van der Waals surface area contributed by atoms with Crippen molar-refractivity contribution < 1.29 is 4.79 Å². The Morgan fingerprint density at radius 3 is 2.73 bits per heavy atom. The topological polar surface area (TPSA) is 54.0 Å². The fourth-order valence-electron chi connectivity index (χ4n) is 1.86. The van der Waals surface area contributed by atoms with E-state index >= 15 is 0 Å². The van der Waals surface area contributed by atoms with E-state index in [-0.39, 0.29) is 18.3 Å². The molecule has 0 saturated heterocycles. The highest BCUT2D eigenvalue weighted by atomic mass is 79.9. The lowest BCUT2D eigenvalue weighted by Crippen LogP contribution is -2.14. The maximum atomic E-state index is 11.7. The van der Waals surface area contributed by atoms with Crippen LogP contribution in [0.4, 0.5) is 5.13 Å². The normalized spacial score (nSPS) is 10.1. The zero-order chi connectivity index (χ0) is 15.1. The third-order valence-electron chi connectivity index (χ3n) is 2.92. The number of halogens is 2. The Hall–Kier alpha value is -0.950. The summed E-state index contributed by atoms with van der Waals surface area (Å²) < 4.78 is 1.07. The zero-order valence-corrected chi connectivity index (χ0v) is 15.5. The second kappa shape index (κ2) is 9.94. The van der Waals surface area contributed by atoms with Crippen LogP contribution in [0.3, 0.4) is 0 Å². The first-order valence-corrected chi connectivity index (χ1v) is 8.42. The predicted octanol–water partition coefficient (Wildman–Crippen LogP) is 3.86. The van der Waals surface area contributed by atoms with Crippen LogP contribution < -0.4 is 10.6 Å². The first kappa shape index (κ1) is 19.1. The van der Waals surface area contributed by atoms with E-state index in [1.54, 1.807) is 0 Å². The van der Waals surface area contributed by atoms with Crippen molar-refractivity contribution in [2.75, 3.05) is 18.9 Å². The molecule has 0 unspecified atom stereocenters. The van der Waals surface area contributed by atoms with Crippen LogP contribution in [0.1, 0.15) is 23.3 Å². The fraction of sp³-hybridized carbons (Fsp3) is 0.333. The van der Waals surface area contributed by atoms with Crippen molar-refractivity contribution in [3.8, 4) is 0 Å². The molecule has 4 nitrogen and oxygen atoms in total. The number of carbonyl (C=O) groups excluding carboxylic acids is 1. The summed E-state index contributed by atoms with van der Waals surface area (Å²) >= 11 is 4.96. The molecule has 0 atom stereocenters. The lowest BCUT2D eigenvalue weighted by molar-refractivity contribution is -0.116. The van der Waals surface area contributed by atoms with Crippen molar-refractivity contribution >= 4 is 50.7 Å². The van der Waals surface area contributed by atoms with Gasteiger partial charge in [-0.25, -0.2) is 4.98 Å². The fourth-order valence-corrected chi connectivity index (χ4v) is 2.99. The molecule has 1 aromatic heterocycles. The van der Waals surface area contributed by atoms with Gasteiger partial charge in [-0.15, -0.1) is 23.7 Å². The first-order chi connectivity index (χ1) is 10.2. The summed E-state index contributed by atoms with van der Waals surface area (Å²) in [6.45, 7) is 0.847. The quantitative estimate of drug-likeness (QED) is 0.689. The summed E-state index contributed by atoms with van der Waals surface area (Å²) in [4.78, 5) is 17.1. The molecule has 0 aliphatic carbocycles. The highest BCUT2D eigenvalue weighted by Crippen LogP contribution is 2.22. The minimum Gasteiger partial charge on any atom is -0.320 e. The molecule has 0 fully saturated rings. The third kappa shape index (κ3) is 6.44. The van der Waals surface area contributed by atoms with Crippen molar-refractivity contribution in [2.24, 2.45) is 0 Å². The molecule has 1 aromatic carbocycles. The van der Waals surface area contributed by atoms with E-state index < -0.39 is 0 Å². The molecule has 1 heterocycles. The molecule has 2 aromatic rings. The molecule has 0 aliphatic rings. The summed E-state index contributed by atoms with van der Waals surface area (Å²) in [5, 5.41) is 6.55. The van der Waals surface area contributed by atoms with Crippen LogP contribution in [-0.2, 0) is 11.2 Å². The number of benzene rings is 1. The number of carbonyl (C=O) groups is 1. The van der Waals surface area contributed by atoms with Crippen LogP contribution >= 0.6 is 39.7 Å². The Morgan fingerprint density at radius 2 is 2.05 bits per heavy atom. The Kier molecular flexibility index (Phi) is 8.63. The molecule has 7 heteroatoms. The predicted molar refractivity (Wildman–Crippen MR) is 98.1 cm³/mol. The maximum Gasteiger partial charge on any atom is 0.226 e. The molecule has 0 aliphatic heterocycles. The average molecular weight is 405 g/mol. The number of hydrogen-bond donors (Lipinski definition) is 2. The van der Waals surface area contributed by atoms with Crippen LogP contribution in [0.25, 0.3) is 0 Å². The van der Waals surface area contributed by atoms with Crippen molar-refractivity contribution in [2.45, 2.75) is 19.3 Å². The van der Waals surface area contributed by atoms with Crippen LogP contribution in [0.5, 0.6) is 0 Å². The smallest absolute Gasteiger partial charge is 0.226 e. The molecule has 0 radical (unpaired) electrons. The SMILES string of the molecule is CNCCCC(=O)Nc1ncc(Cc2ccc(Br)cc2)s1.Cl. The second-order valence-electron chi connectivity index (χ2n) is 4.69. The van der Waals surface area contributed by atoms with Gasteiger partial charge in [-0.3, -0.25) is 4.79 Å². The summed E-state index contributed by atoms with van der Waals surface area (Å²) in [5.41, 5.74) is 1.23. The van der Waals surface area contributed by atoms with Gasteiger partial charge in [-0.05, 0) is 37.7 Å². The van der Waals surface area contributed by atoms with Crippen LogP contribution in [0, 0.1) is 0 Å². The Labute approximate surface area is 149 Å². The molecule has 0 bridgehead atoms. The molecule has 0 saturated carbocycles. The summed E-state index contributed by atoms with van der Waals surface area (Å²) in [5.74, 6) is 0.0230. The number of rotatable bonds is 7. The minimum absolute atomic E-state index is 0. The molecule has 2 N–H and O–H groups in total. The number of nitrogens with one attached hydrogen (secondary N) is 2. The summed E-state index contributed by atoms with van der Waals surface area (Å²) in [6.07, 6.45) is 4.01. The molecule has 22 heavy (non-hydrogen) atoms. The Balaban J connectivity index is 0.00000242. The average Bonchev–Trinajstić information content (AvgIpc) is 2.89. The number of anilines is 1. The molecular formula is C15H19BrClN3OS. The van der Waals surface area contributed by atoms with Crippen LogP contribution in [0.15, 0.2) is 34.9 Å². The summed E-state index contributed by atoms with van der Waals surface area (Å²) in [6, 6.07) is 8.22. The van der Waals surface area contributed by atoms with E-state index in [2.05, 4.69) is 43.7 Å². The summed E-state index contributed by atoms with van der Waals surface area (Å²) in [7, 11) is 1.88. The van der Waals surface area contributed by atoms with Gasteiger partial charge in [0.05, 0.1) is 0 Å². The van der Waals surface area contributed by atoms with Crippen LogP contribution in [-0.4, -0.2) is 24.5 Å². The minimum atomic E-state index is 0. The van der Waals surface area contributed by atoms with E-state index in [1.807, 2.05) is 25.4 Å². The molecule has 120 valence electrons. The van der Waals surface area contributed by atoms with Gasteiger partial charge in [0.25, 0.3) is 0 Å². The maximum absolute atomic E-state index is 11.7. The van der Waals surface area contributed by atoms with E-state index in [1.165, 1.54) is 16.9 Å². The highest BCUT2D eigenvalue weighted by Gasteiger charge is 2.07. The van der Waals surface area contributed by atoms with E-state index in [0.29, 0.717) is 11.6 Å². The van der Waals surface area contributed by atoms with Gasteiger partial charge in [0, 0.05) is 28.4 Å². The standard InChI is InChI=1S/C15H18BrN3OS.ClH/c1-17-8-2-3-14(20)19-15-18-10-13(21-15)9-11-4-6-12(16)7-5-11;/h4-7,10,17H,2-3,8-9H2,1H3,(H,18,19,20);1H. The van der Waals surface area contributed by atoms with Gasteiger partial charge in [0.15, 0.2) is 5.13 Å². The largest absolute Gasteiger partial charge is 0.320 e. The molecule has 0 spiro atoms. The third-order valence-corrected chi connectivity index (χ3v) is 4.36. The molecule has 2 rings (SSSR count).